The van der Waals surface area contributed by atoms with Crippen molar-refractivity contribution in [3.8, 4) is 0 Å². The lowest BCUT2D eigenvalue weighted by molar-refractivity contribution is -0.383. The Balaban J connectivity index is 1.87. The van der Waals surface area contributed by atoms with Gasteiger partial charge in [0, 0.05) is 19.2 Å². The number of rotatable bonds is 5. The van der Waals surface area contributed by atoms with E-state index in [9.17, 15) is 14.9 Å². The van der Waals surface area contributed by atoms with E-state index in [2.05, 4.69) is 5.32 Å². The molecule has 7 nitrogen and oxygen atoms in total. The van der Waals surface area contributed by atoms with Crippen molar-refractivity contribution in [2.75, 3.05) is 18.9 Å². The summed E-state index contributed by atoms with van der Waals surface area (Å²) in [6.07, 6.45) is 2.24. The molecule has 0 aliphatic carbocycles. The van der Waals surface area contributed by atoms with Crippen molar-refractivity contribution in [2.45, 2.75) is 25.4 Å². The molecule has 20 heavy (non-hydrogen) atoms. The topological polar surface area (TPSA) is 107 Å². The van der Waals surface area contributed by atoms with Crippen LogP contribution in [0.3, 0.4) is 0 Å². The summed E-state index contributed by atoms with van der Waals surface area (Å²) in [5.41, 5.74) is 6.15. The van der Waals surface area contributed by atoms with E-state index in [1.165, 1.54) is 12.1 Å². The number of nitrogens with two attached hydrogens (primary N) is 1. The number of nitro groups is 1. The van der Waals surface area contributed by atoms with Crippen molar-refractivity contribution in [3.05, 3.63) is 33.9 Å². The summed E-state index contributed by atoms with van der Waals surface area (Å²) in [7, 11) is 0. The van der Waals surface area contributed by atoms with Gasteiger partial charge in [-0.1, -0.05) is 6.07 Å². The highest BCUT2D eigenvalue weighted by Gasteiger charge is 2.17. The zero-order valence-electron chi connectivity index (χ0n) is 11.0. The van der Waals surface area contributed by atoms with Gasteiger partial charge in [0.2, 0.25) is 5.91 Å². The highest BCUT2D eigenvalue weighted by Crippen LogP contribution is 2.22. The highest BCUT2D eigenvalue weighted by atomic mass is 16.6. The van der Waals surface area contributed by atoms with Gasteiger partial charge in [0.15, 0.2) is 0 Å². The normalized spacial score (nSPS) is 17.9. The van der Waals surface area contributed by atoms with Gasteiger partial charge in [-0.15, -0.1) is 0 Å². The number of amides is 1. The van der Waals surface area contributed by atoms with Crippen molar-refractivity contribution in [1.29, 1.82) is 0 Å². The van der Waals surface area contributed by atoms with E-state index in [0.29, 0.717) is 12.1 Å². The van der Waals surface area contributed by atoms with Crippen LogP contribution in [-0.4, -0.2) is 30.1 Å². The maximum Gasteiger partial charge on any atom is 0.292 e. The van der Waals surface area contributed by atoms with Gasteiger partial charge in [-0.05, 0) is 24.5 Å². The van der Waals surface area contributed by atoms with Gasteiger partial charge in [0.25, 0.3) is 5.69 Å². The summed E-state index contributed by atoms with van der Waals surface area (Å²) in [4.78, 5) is 21.9. The molecule has 0 spiro atoms. The van der Waals surface area contributed by atoms with Crippen molar-refractivity contribution < 1.29 is 14.5 Å². The van der Waals surface area contributed by atoms with Crippen LogP contribution in [-0.2, 0) is 16.0 Å². The number of ether oxygens (including phenoxy) is 1. The summed E-state index contributed by atoms with van der Waals surface area (Å²) >= 11 is 0. The van der Waals surface area contributed by atoms with Crippen molar-refractivity contribution in [1.82, 2.24) is 5.32 Å². The Morgan fingerprint density at radius 1 is 1.55 bits per heavy atom. The van der Waals surface area contributed by atoms with Crippen LogP contribution in [0.25, 0.3) is 0 Å². The molecule has 1 aromatic carbocycles. The van der Waals surface area contributed by atoms with Gasteiger partial charge < -0.3 is 15.8 Å². The molecule has 2 rings (SSSR count). The lowest BCUT2D eigenvalue weighted by atomic mass is 10.1. The first-order chi connectivity index (χ1) is 9.56. The fourth-order valence-corrected chi connectivity index (χ4v) is 2.16. The molecule has 0 bridgehead atoms. The molecule has 0 saturated carbocycles. The Kier molecular flexibility index (Phi) is 4.52. The molecule has 1 aliphatic heterocycles. The molecule has 1 heterocycles. The number of hydrogen-bond acceptors (Lipinski definition) is 5. The minimum Gasteiger partial charge on any atom is -0.393 e. The predicted molar refractivity (Wildman–Crippen MR) is 73.2 cm³/mol. The fourth-order valence-electron chi connectivity index (χ4n) is 2.16. The van der Waals surface area contributed by atoms with E-state index in [0.717, 1.165) is 19.4 Å². The van der Waals surface area contributed by atoms with Crippen LogP contribution in [0.15, 0.2) is 18.2 Å². The van der Waals surface area contributed by atoms with Crippen LogP contribution < -0.4 is 11.1 Å². The third-order valence-electron chi connectivity index (χ3n) is 3.20. The minimum atomic E-state index is -0.545. The van der Waals surface area contributed by atoms with Crippen molar-refractivity contribution in [2.24, 2.45) is 0 Å². The lowest BCUT2D eigenvalue weighted by Gasteiger charge is -2.10. The SMILES string of the molecule is Nc1cc(CC(=O)NC[C@@H]2CCCO2)ccc1[N+](=O)[O-]. The Labute approximate surface area is 116 Å². The molecule has 1 saturated heterocycles. The lowest BCUT2D eigenvalue weighted by Crippen LogP contribution is -2.32. The maximum absolute atomic E-state index is 11.8. The summed E-state index contributed by atoms with van der Waals surface area (Å²) < 4.78 is 5.41. The molecule has 1 atom stereocenters. The van der Waals surface area contributed by atoms with Crippen molar-refractivity contribution >= 4 is 17.3 Å². The number of anilines is 1. The Hall–Kier alpha value is -2.15. The first-order valence-electron chi connectivity index (χ1n) is 6.47. The summed E-state index contributed by atoms with van der Waals surface area (Å²) in [6.45, 7) is 1.25. The van der Waals surface area contributed by atoms with E-state index in [1.54, 1.807) is 6.07 Å². The smallest absolute Gasteiger partial charge is 0.292 e. The number of nitro benzene ring substituents is 1. The average molecular weight is 279 g/mol. The molecule has 0 unspecified atom stereocenters. The molecule has 108 valence electrons. The quantitative estimate of drug-likeness (QED) is 0.475. The summed E-state index contributed by atoms with van der Waals surface area (Å²) in [5, 5.41) is 13.4. The second-order valence-corrected chi connectivity index (χ2v) is 4.77. The molecule has 7 heteroatoms. The third-order valence-corrected chi connectivity index (χ3v) is 3.20. The van der Waals surface area contributed by atoms with Gasteiger partial charge in [0.1, 0.15) is 5.69 Å². The van der Waals surface area contributed by atoms with Gasteiger partial charge in [-0.25, -0.2) is 0 Å². The summed E-state index contributed by atoms with van der Waals surface area (Å²) in [6, 6.07) is 4.32. The van der Waals surface area contributed by atoms with Crippen LogP contribution in [0.2, 0.25) is 0 Å². The van der Waals surface area contributed by atoms with Gasteiger partial charge in [-0.3, -0.25) is 14.9 Å². The van der Waals surface area contributed by atoms with Gasteiger partial charge in [-0.2, -0.15) is 0 Å². The maximum atomic E-state index is 11.8. The average Bonchev–Trinajstić information content (AvgIpc) is 2.89. The summed E-state index contributed by atoms with van der Waals surface area (Å²) in [5.74, 6) is -0.145. The second-order valence-electron chi connectivity index (χ2n) is 4.77. The Morgan fingerprint density at radius 3 is 2.95 bits per heavy atom. The molecule has 1 amide bonds. The molecule has 3 N–H and O–H groups in total. The van der Waals surface area contributed by atoms with E-state index < -0.39 is 4.92 Å². The third kappa shape index (κ3) is 3.67. The number of carbonyl (C=O) groups is 1. The van der Waals surface area contributed by atoms with Crippen LogP contribution in [0, 0.1) is 10.1 Å². The first kappa shape index (κ1) is 14.3. The zero-order chi connectivity index (χ0) is 14.5. The monoisotopic (exact) mass is 279 g/mol. The van der Waals surface area contributed by atoms with Gasteiger partial charge in [0.05, 0.1) is 17.4 Å². The predicted octanol–water partition coefficient (Wildman–Crippen LogP) is 1.01. The molecular weight excluding hydrogens is 262 g/mol. The van der Waals surface area contributed by atoms with Gasteiger partial charge >= 0.3 is 0 Å². The largest absolute Gasteiger partial charge is 0.393 e. The second kappa shape index (κ2) is 6.33. The van der Waals surface area contributed by atoms with E-state index >= 15 is 0 Å². The Morgan fingerprint density at radius 2 is 2.35 bits per heavy atom. The molecule has 0 aromatic heterocycles. The van der Waals surface area contributed by atoms with E-state index in [4.69, 9.17) is 10.5 Å². The van der Waals surface area contributed by atoms with Crippen LogP contribution in [0.5, 0.6) is 0 Å². The minimum absolute atomic E-state index is 0.0689. The molecular formula is C13H17N3O4. The number of nitrogens with zero attached hydrogens (tertiary/aromatic N) is 1. The zero-order valence-corrected chi connectivity index (χ0v) is 11.0. The van der Waals surface area contributed by atoms with Crippen LogP contribution in [0.1, 0.15) is 18.4 Å². The molecule has 1 aliphatic rings. The van der Waals surface area contributed by atoms with Crippen LogP contribution in [0.4, 0.5) is 11.4 Å². The standard InChI is InChI=1S/C13H17N3O4/c14-11-6-9(3-4-12(11)16(18)19)7-13(17)15-8-10-2-1-5-20-10/h3-4,6,10H,1-2,5,7-8,14H2,(H,15,17)/t10-/m0/s1. The number of nitrogen functional groups attached to an aromatic ring is 1. The first-order valence-corrected chi connectivity index (χ1v) is 6.47. The molecule has 0 radical (unpaired) electrons. The van der Waals surface area contributed by atoms with E-state index in [-0.39, 0.29) is 29.8 Å². The fraction of sp³-hybridized carbons (Fsp3) is 0.462. The van der Waals surface area contributed by atoms with Crippen LogP contribution >= 0.6 is 0 Å². The van der Waals surface area contributed by atoms with E-state index in [1.807, 2.05) is 0 Å². The molecule has 1 fully saturated rings. The number of hydrogen-bond donors (Lipinski definition) is 2. The Bertz CT molecular complexity index is 512. The van der Waals surface area contributed by atoms with Crippen molar-refractivity contribution in [3.63, 3.8) is 0 Å². The molecule has 1 aromatic rings. The number of carbonyl (C=O) groups excluding carboxylic acids is 1. The highest BCUT2D eigenvalue weighted by molar-refractivity contribution is 5.79. The number of benzene rings is 1. The number of nitrogens with one attached hydrogen (secondary N) is 1.